The molecule has 3 rings (SSSR count). The molecule has 3 aromatic rings. The molecule has 4 N–H and O–H groups in total. The second-order valence-corrected chi connectivity index (χ2v) is 6.73. The van der Waals surface area contributed by atoms with Crippen LogP contribution in [0, 0.1) is 11.8 Å². The van der Waals surface area contributed by atoms with Gasteiger partial charge in [-0.3, -0.25) is 0 Å². The van der Waals surface area contributed by atoms with E-state index in [0.717, 1.165) is 16.7 Å². The van der Waals surface area contributed by atoms with Crippen LogP contribution in [0.25, 0.3) is 11.1 Å². The molecule has 6 nitrogen and oxygen atoms in total. The molecule has 0 aliphatic rings. The van der Waals surface area contributed by atoms with Crippen molar-refractivity contribution >= 4 is 0 Å². The van der Waals surface area contributed by atoms with Crippen LogP contribution in [0.5, 0.6) is 0 Å². The average Bonchev–Trinajstić information content (AvgIpc) is 3.24. The first-order valence-corrected chi connectivity index (χ1v) is 9.36. The second kappa shape index (κ2) is 9.50. The van der Waals surface area contributed by atoms with E-state index in [4.69, 9.17) is 5.11 Å². The quantitative estimate of drug-likeness (QED) is 0.482. The van der Waals surface area contributed by atoms with Crippen LogP contribution in [-0.4, -0.2) is 43.2 Å². The van der Waals surface area contributed by atoms with Gasteiger partial charge in [0.1, 0.15) is 24.1 Å². The average molecular weight is 392 g/mol. The van der Waals surface area contributed by atoms with Gasteiger partial charge in [0, 0.05) is 18.0 Å². The monoisotopic (exact) mass is 392 g/mol. The Hall–Kier alpha value is -2.95. The number of aliphatic hydroxyl groups is 4. The largest absolute Gasteiger partial charge is 0.393 e. The normalized spacial score (nSPS) is 14.0. The van der Waals surface area contributed by atoms with Gasteiger partial charge in [-0.05, 0) is 35.7 Å². The highest BCUT2D eigenvalue weighted by molar-refractivity contribution is 5.64. The van der Waals surface area contributed by atoms with E-state index in [-0.39, 0.29) is 13.2 Å². The molecular weight excluding hydrogens is 368 g/mol. The Labute approximate surface area is 169 Å². The molecule has 1 heterocycles. The molecule has 0 aliphatic carbocycles. The van der Waals surface area contributed by atoms with E-state index < -0.39 is 18.2 Å². The Balaban J connectivity index is 1.76. The standard InChI is InChI=1S/C23H24N2O4/c1-16(28)23-24-12-13-25(23)21(14-26)11-4-17-2-5-18(6-3-17)19-7-9-20(10-8-19)22(29)15-27/h2-3,5-10,12-13,16,21-22,26-29H,14-15H2,1H3/t16-,21?,22?/m0/s1. The zero-order valence-electron chi connectivity index (χ0n) is 16.1. The number of hydrogen-bond acceptors (Lipinski definition) is 5. The summed E-state index contributed by atoms with van der Waals surface area (Å²) in [6.45, 7) is 1.13. The van der Waals surface area contributed by atoms with Crippen molar-refractivity contribution in [2.45, 2.75) is 25.2 Å². The number of aromatic nitrogens is 2. The molecule has 0 saturated carbocycles. The molecule has 2 unspecified atom stereocenters. The van der Waals surface area contributed by atoms with E-state index in [1.165, 1.54) is 0 Å². The van der Waals surface area contributed by atoms with Crippen molar-refractivity contribution < 1.29 is 20.4 Å². The predicted molar refractivity (Wildman–Crippen MR) is 110 cm³/mol. The molecule has 0 spiro atoms. The first-order chi connectivity index (χ1) is 14.0. The van der Waals surface area contributed by atoms with Crippen LogP contribution in [0.2, 0.25) is 0 Å². The van der Waals surface area contributed by atoms with Crippen molar-refractivity contribution in [1.29, 1.82) is 0 Å². The molecule has 0 amide bonds. The van der Waals surface area contributed by atoms with Gasteiger partial charge in [0.25, 0.3) is 0 Å². The summed E-state index contributed by atoms with van der Waals surface area (Å²) in [6, 6.07) is 14.6. The third-order valence-electron chi connectivity index (χ3n) is 4.65. The number of benzene rings is 2. The minimum atomic E-state index is -0.869. The van der Waals surface area contributed by atoms with Crippen LogP contribution >= 0.6 is 0 Å². The van der Waals surface area contributed by atoms with Gasteiger partial charge in [0.05, 0.1) is 13.2 Å². The number of aliphatic hydroxyl groups excluding tert-OH is 4. The summed E-state index contributed by atoms with van der Waals surface area (Å²) in [5.41, 5.74) is 3.47. The summed E-state index contributed by atoms with van der Waals surface area (Å²) in [5.74, 6) is 6.55. The fourth-order valence-corrected chi connectivity index (χ4v) is 3.03. The van der Waals surface area contributed by atoms with Crippen LogP contribution in [0.1, 0.15) is 42.1 Å². The molecule has 2 aromatic carbocycles. The van der Waals surface area contributed by atoms with Crippen LogP contribution in [0.4, 0.5) is 0 Å². The summed E-state index contributed by atoms with van der Waals surface area (Å²) in [5, 5.41) is 38.2. The van der Waals surface area contributed by atoms with Crippen molar-refractivity contribution in [2.24, 2.45) is 0 Å². The molecule has 3 atom stereocenters. The molecule has 0 aliphatic heterocycles. The fourth-order valence-electron chi connectivity index (χ4n) is 3.03. The molecule has 6 heteroatoms. The summed E-state index contributed by atoms with van der Waals surface area (Å²) < 4.78 is 1.67. The van der Waals surface area contributed by atoms with Gasteiger partial charge in [-0.25, -0.2) is 4.98 Å². The third kappa shape index (κ3) is 4.91. The van der Waals surface area contributed by atoms with E-state index >= 15 is 0 Å². The van der Waals surface area contributed by atoms with Crippen molar-refractivity contribution in [3.63, 3.8) is 0 Å². The molecule has 0 saturated heterocycles. The Morgan fingerprint density at radius 3 is 2.10 bits per heavy atom. The van der Waals surface area contributed by atoms with Crippen LogP contribution in [0.15, 0.2) is 60.9 Å². The first kappa shape index (κ1) is 20.8. The lowest BCUT2D eigenvalue weighted by molar-refractivity contribution is 0.0956. The highest BCUT2D eigenvalue weighted by atomic mass is 16.3. The Bertz CT molecular complexity index is 982. The van der Waals surface area contributed by atoms with Gasteiger partial charge in [0.15, 0.2) is 0 Å². The zero-order chi connectivity index (χ0) is 20.8. The molecule has 0 fully saturated rings. The minimum Gasteiger partial charge on any atom is -0.393 e. The van der Waals surface area contributed by atoms with E-state index in [2.05, 4.69) is 16.8 Å². The predicted octanol–water partition coefficient (Wildman–Crippen LogP) is 2.21. The molecule has 1 aromatic heterocycles. The van der Waals surface area contributed by atoms with Gasteiger partial charge in [-0.15, -0.1) is 0 Å². The second-order valence-electron chi connectivity index (χ2n) is 6.73. The maximum absolute atomic E-state index is 9.78. The molecule has 0 radical (unpaired) electrons. The summed E-state index contributed by atoms with van der Waals surface area (Å²) in [6.07, 6.45) is 1.65. The summed E-state index contributed by atoms with van der Waals surface area (Å²) >= 11 is 0. The van der Waals surface area contributed by atoms with Gasteiger partial charge >= 0.3 is 0 Å². The third-order valence-corrected chi connectivity index (χ3v) is 4.65. The smallest absolute Gasteiger partial charge is 0.138 e. The van der Waals surface area contributed by atoms with E-state index in [1.807, 2.05) is 36.4 Å². The lowest BCUT2D eigenvalue weighted by Gasteiger charge is -2.14. The Morgan fingerprint density at radius 2 is 1.55 bits per heavy atom. The molecular formula is C23H24N2O4. The van der Waals surface area contributed by atoms with Gasteiger partial charge in [0.2, 0.25) is 0 Å². The number of rotatable bonds is 6. The first-order valence-electron chi connectivity index (χ1n) is 9.36. The maximum atomic E-state index is 9.78. The SMILES string of the molecule is C[C@H](O)c1nccn1C(C#Cc1ccc(-c2ccc(C(O)CO)cc2)cc1)CO. The van der Waals surface area contributed by atoms with Gasteiger partial charge < -0.3 is 25.0 Å². The molecule has 150 valence electrons. The van der Waals surface area contributed by atoms with Gasteiger partial charge in [-0.2, -0.15) is 0 Å². The van der Waals surface area contributed by atoms with Crippen molar-refractivity contribution in [2.75, 3.05) is 13.2 Å². The minimum absolute atomic E-state index is 0.187. The topological polar surface area (TPSA) is 98.7 Å². The van der Waals surface area contributed by atoms with Crippen LogP contribution < -0.4 is 0 Å². The highest BCUT2D eigenvalue weighted by Crippen LogP contribution is 2.22. The van der Waals surface area contributed by atoms with Crippen molar-refractivity contribution in [3.05, 3.63) is 77.9 Å². The van der Waals surface area contributed by atoms with Gasteiger partial charge in [-0.1, -0.05) is 48.2 Å². The number of nitrogens with zero attached hydrogens (tertiary/aromatic N) is 2. The van der Waals surface area contributed by atoms with Crippen LogP contribution in [-0.2, 0) is 0 Å². The summed E-state index contributed by atoms with van der Waals surface area (Å²) in [4.78, 5) is 4.11. The highest BCUT2D eigenvalue weighted by Gasteiger charge is 2.14. The Morgan fingerprint density at radius 1 is 0.931 bits per heavy atom. The number of imidazole rings is 1. The van der Waals surface area contributed by atoms with Crippen molar-refractivity contribution in [1.82, 2.24) is 9.55 Å². The van der Waals surface area contributed by atoms with E-state index in [1.54, 1.807) is 36.0 Å². The van der Waals surface area contributed by atoms with Crippen LogP contribution in [0.3, 0.4) is 0 Å². The van der Waals surface area contributed by atoms with E-state index in [9.17, 15) is 15.3 Å². The maximum Gasteiger partial charge on any atom is 0.138 e. The Kier molecular flexibility index (Phi) is 6.81. The lowest BCUT2D eigenvalue weighted by Crippen LogP contribution is -2.15. The zero-order valence-corrected chi connectivity index (χ0v) is 16.1. The summed E-state index contributed by atoms with van der Waals surface area (Å²) in [7, 11) is 0. The fraction of sp³-hybridized carbons (Fsp3) is 0.261. The number of hydrogen-bond donors (Lipinski definition) is 4. The molecule has 29 heavy (non-hydrogen) atoms. The van der Waals surface area contributed by atoms with Crippen molar-refractivity contribution in [3.8, 4) is 23.0 Å². The molecule has 0 bridgehead atoms. The van der Waals surface area contributed by atoms with E-state index in [0.29, 0.717) is 11.4 Å². The lowest BCUT2D eigenvalue weighted by atomic mass is 10.0.